The van der Waals surface area contributed by atoms with Gasteiger partial charge in [-0.15, -0.1) is 18.3 Å². The Hall–Kier alpha value is -0.480. The second-order valence-corrected chi connectivity index (χ2v) is 4.61. The molecule has 0 aromatic rings. The van der Waals surface area contributed by atoms with Crippen molar-refractivity contribution in [1.29, 1.82) is 0 Å². The Balaban J connectivity index is 1.98. The molecule has 1 amide bonds. The maximum Gasteiger partial charge on any atom is 0.226 e. The molecule has 2 N–H and O–H groups in total. The van der Waals surface area contributed by atoms with E-state index in [0.717, 1.165) is 6.54 Å². The lowest BCUT2D eigenvalue weighted by Gasteiger charge is -2.32. The van der Waals surface area contributed by atoms with Crippen molar-refractivity contribution >= 4 is 17.7 Å². The van der Waals surface area contributed by atoms with Crippen LogP contribution in [0.5, 0.6) is 0 Å². The van der Waals surface area contributed by atoms with Gasteiger partial charge in [0.15, 0.2) is 0 Å². The summed E-state index contributed by atoms with van der Waals surface area (Å²) in [5, 5.41) is 0.771. The van der Waals surface area contributed by atoms with E-state index in [1.807, 2.05) is 4.90 Å². The molecular formula is C8H12N2OS. The molecule has 3 nitrogen and oxygen atoms in total. The van der Waals surface area contributed by atoms with Gasteiger partial charge in [0.1, 0.15) is 0 Å². The van der Waals surface area contributed by atoms with Gasteiger partial charge in [0.05, 0.1) is 11.8 Å². The number of thioether (sulfide) groups is 1. The van der Waals surface area contributed by atoms with Crippen LogP contribution in [0.3, 0.4) is 0 Å². The van der Waals surface area contributed by atoms with E-state index < -0.39 is 0 Å². The van der Waals surface area contributed by atoms with E-state index >= 15 is 0 Å². The van der Waals surface area contributed by atoms with Gasteiger partial charge in [-0.2, -0.15) is 0 Å². The number of hydrogen-bond donors (Lipinski definition) is 1. The Morgan fingerprint density at radius 2 is 2.58 bits per heavy atom. The molecule has 2 rings (SSSR count). The molecule has 0 bridgehead atoms. The summed E-state index contributed by atoms with van der Waals surface area (Å²) in [6.45, 7) is 4.46. The first-order valence-corrected chi connectivity index (χ1v) is 4.99. The Labute approximate surface area is 76.0 Å². The van der Waals surface area contributed by atoms with E-state index in [9.17, 15) is 4.79 Å². The van der Waals surface area contributed by atoms with Gasteiger partial charge >= 0.3 is 0 Å². The van der Waals surface area contributed by atoms with Gasteiger partial charge in [-0.25, -0.2) is 0 Å². The lowest BCUT2D eigenvalue weighted by molar-refractivity contribution is -0.140. The molecule has 0 aromatic carbocycles. The molecule has 12 heavy (non-hydrogen) atoms. The Morgan fingerprint density at radius 3 is 3.08 bits per heavy atom. The number of nitrogens with two attached hydrogens (primary N) is 1. The van der Waals surface area contributed by atoms with Crippen LogP contribution >= 0.6 is 11.8 Å². The van der Waals surface area contributed by atoms with Crippen molar-refractivity contribution < 1.29 is 4.79 Å². The number of nitrogens with zero attached hydrogens (tertiary/aromatic N) is 1. The molecule has 2 heterocycles. The highest BCUT2D eigenvalue weighted by Crippen LogP contribution is 2.40. The zero-order chi connectivity index (χ0) is 8.72. The fourth-order valence-corrected chi connectivity index (χ4v) is 3.10. The van der Waals surface area contributed by atoms with Crippen LogP contribution in [0.25, 0.3) is 0 Å². The molecule has 3 atom stereocenters. The topological polar surface area (TPSA) is 46.3 Å². The third-order valence-electron chi connectivity index (χ3n) is 2.43. The summed E-state index contributed by atoms with van der Waals surface area (Å²) in [5.41, 5.74) is 5.80. The molecular weight excluding hydrogens is 172 g/mol. The van der Waals surface area contributed by atoms with E-state index in [4.69, 9.17) is 5.73 Å². The lowest BCUT2D eigenvalue weighted by Crippen LogP contribution is -2.47. The van der Waals surface area contributed by atoms with Crippen LogP contribution in [0, 0.1) is 0 Å². The number of rotatable bonds is 2. The summed E-state index contributed by atoms with van der Waals surface area (Å²) in [5.74, 6) is 0.270. The molecule has 0 spiro atoms. The predicted octanol–water partition coefficient (Wildman–Crippen LogP) is 0.174. The van der Waals surface area contributed by atoms with Gasteiger partial charge in [0.2, 0.25) is 5.91 Å². The summed E-state index contributed by atoms with van der Waals surface area (Å²) in [7, 11) is 0. The fraction of sp³-hybridized carbons (Fsp3) is 0.625. The fourth-order valence-electron chi connectivity index (χ4n) is 1.57. The summed E-state index contributed by atoms with van der Waals surface area (Å²) in [4.78, 5) is 12.9. The summed E-state index contributed by atoms with van der Waals surface area (Å²) < 4.78 is 0. The minimum Gasteiger partial charge on any atom is -0.329 e. The molecule has 66 valence electrons. The first-order chi connectivity index (χ1) is 5.72. The molecule has 2 aliphatic heterocycles. The maximum atomic E-state index is 11.0. The summed E-state index contributed by atoms with van der Waals surface area (Å²) in [6, 6.07) is 0.0217. The van der Waals surface area contributed by atoms with E-state index in [1.165, 1.54) is 0 Å². The van der Waals surface area contributed by atoms with Crippen LogP contribution in [0.15, 0.2) is 12.7 Å². The molecule has 2 saturated heterocycles. The minimum atomic E-state index is 0.0217. The SMILES string of the molecule is C=C[C@@H](N)C1CN2C(=O)C[C@@H]2S1. The molecule has 0 aromatic heterocycles. The normalized spacial score (nSPS) is 35.8. The van der Waals surface area contributed by atoms with Gasteiger partial charge < -0.3 is 10.6 Å². The number of carbonyl (C=O) groups is 1. The zero-order valence-corrected chi connectivity index (χ0v) is 7.59. The summed E-state index contributed by atoms with van der Waals surface area (Å²) in [6.07, 6.45) is 2.46. The first kappa shape index (κ1) is 8.13. The third kappa shape index (κ3) is 1.06. The largest absolute Gasteiger partial charge is 0.329 e. The van der Waals surface area contributed by atoms with Crippen LogP contribution in [-0.2, 0) is 4.79 Å². The van der Waals surface area contributed by atoms with Gasteiger partial charge in [-0.1, -0.05) is 6.08 Å². The van der Waals surface area contributed by atoms with Crippen molar-refractivity contribution in [2.45, 2.75) is 23.1 Å². The highest BCUT2D eigenvalue weighted by Gasteiger charge is 2.45. The second-order valence-electron chi connectivity index (χ2n) is 3.19. The van der Waals surface area contributed by atoms with E-state index in [0.29, 0.717) is 17.0 Å². The van der Waals surface area contributed by atoms with Crippen molar-refractivity contribution in [3.63, 3.8) is 0 Å². The first-order valence-electron chi connectivity index (χ1n) is 4.05. The van der Waals surface area contributed by atoms with Crippen molar-refractivity contribution in [2.24, 2.45) is 5.73 Å². The molecule has 2 aliphatic rings. The molecule has 0 saturated carbocycles. The number of fused-ring (bicyclic) bond motifs is 1. The van der Waals surface area contributed by atoms with Crippen molar-refractivity contribution in [1.82, 2.24) is 4.90 Å². The maximum absolute atomic E-state index is 11.0. The quantitative estimate of drug-likeness (QED) is 0.491. The average Bonchev–Trinajstić information content (AvgIpc) is 2.41. The standard InChI is InChI=1S/C8H12N2OS/c1-2-5(9)6-4-10-7(11)3-8(10)12-6/h2,5-6,8H,1,3-4,9H2/t5-,6?,8+/m1/s1. The van der Waals surface area contributed by atoms with Gasteiger partial charge in [-0.05, 0) is 0 Å². The lowest BCUT2D eigenvalue weighted by atomic mass is 10.1. The van der Waals surface area contributed by atoms with Gasteiger partial charge in [-0.3, -0.25) is 4.79 Å². The van der Waals surface area contributed by atoms with Crippen molar-refractivity contribution in [2.75, 3.05) is 6.54 Å². The van der Waals surface area contributed by atoms with E-state index in [2.05, 4.69) is 6.58 Å². The molecule has 0 radical (unpaired) electrons. The van der Waals surface area contributed by atoms with Crippen LogP contribution in [0.2, 0.25) is 0 Å². The Morgan fingerprint density at radius 1 is 1.83 bits per heavy atom. The van der Waals surface area contributed by atoms with E-state index in [-0.39, 0.29) is 11.9 Å². The van der Waals surface area contributed by atoms with Crippen molar-refractivity contribution in [3.8, 4) is 0 Å². The van der Waals surface area contributed by atoms with Crippen LogP contribution in [0.1, 0.15) is 6.42 Å². The Bertz CT molecular complexity index is 231. The van der Waals surface area contributed by atoms with E-state index in [1.54, 1.807) is 17.8 Å². The summed E-state index contributed by atoms with van der Waals surface area (Å²) >= 11 is 1.81. The number of hydrogen-bond acceptors (Lipinski definition) is 3. The van der Waals surface area contributed by atoms with Crippen LogP contribution < -0.4 is 5.73 Å². The molecule has 0 aliphatic carbocycles. The minimum absolute atomic E-state index is 0.0217. The van der Waals surface area contributed by atoms with Crippen molar-refractivity contribution in [3.05, 3.63) is 12.7 Å². The molecule has 2 fully saturated rings. The monoisotopic (exact) mass is 184 g/mol. The highest BCUT2D eigenvalue weighted by atomic mass is 32.2. The Kier molecular flexibility index (Phi) is 1.88. The number of carbonyl (C=O) groups excluding carboxylic acids is 1. The molecule has 1 unspecified atom stereocenters. The highest BCUT2D eigenvalue weighted by molar-refractivity contribution is 8.01. The second kappa shape index (κ2) is 2.78. The van der Waals surface area contributed by atoms with Gasteiger partial charge in [0, 0.05) is 17.8 Å². The predicted molar refractivity (Wildman–Crippen MR) is 49.7 cm³/mol. The number of amides is 1. The van der Waals surface area contributed by atoms with Crippen LogP contribution in [-0.4, -0.2) is 34.0 Å². The van der Waals surface area contributed by atoms with Crippen LogP contribution in [0.4, 0.5) is 0 Å². The average molecular weight is 184 g/mol. The smallest absolute Gasteiger partial charge is 0.226 e. The number of β-lactam (4-membered cyclic amide) rings is 1. The van der Waals surface area contributed by atoms with Gasteiger partial charge in [0.25, 0.3) is 0 Å². The zero-order valence-electron chi connectivity index (χ0n) is 6.77. The molecule has 4 heteroatoms. The third-order valence-corrected chi connectivity index (χ3v) is 3.98.